The van der Waals surface area contributed by atoms with Gasteiger partial charge in [0.1, 0.15) is 11.7 Å². The highest BCUT2D eigenvalue weighted by Gasteiger charge is 2.41. The van der Waals surface area contributed by atoms with Crippen LogP contribution in [0.1, 0.15) is 44.3 Å². The summed E-state index contributed by atoms with van der Waals surface area (Å²) in [4.78, 5) is 37.0. The second kappa shape index (κ2) is 9.45. The molecule has 2 aliphatic rings. The Balaban J connectivity index is 1.29. The molecule has 0 radical (unpaired) electrons. The zero-order valence-corrected chi connectivity index (χ0v) is 20.5. The smallest absolute Gasteiger partial charge is 0.436 e. The molecule has 0 aromatic carbocycles. The van der Waals surface area contributed by atoms with Crippen molar-refractivity contribution in [1.82, 2.24) is 24.9 Å². The van der Waals surface area contributed by atoms with Gasteiger partial charge in [-0.25, -0.2) is 19.9 Å². The first-order chi connectivity index (χ1) is 17.6. The number of amides is 1. The zero-order valence-electron chi connectivity index (χ0n) is 20.5. The number of hydrogen-bond acceptors (Lipinski definition) is 9. The molecule has 13 heteroatoms. The molecule has 1 N–H and O–H groups in total. The lowest BCUT2D eigenvalue weighted by Gasteiger charge is -2.44. The minimum absolute atomic E-state index is 0.0410. The summed E-state index contributed by atoms with van der Waals surface area (Å²) < 4.78 is 43.3. The van der Waals surface area contributed by atoms with E-state index in [1.165, 1.54) is 0 Å². The van der Waals surface area contributed by atoms with Crippen molar-refractivity contribution in [2.45, 2.75) is 58.4 Å². The fourth-order valence-corrected chi connectivity index (χ4v) is 4.55. The van der Waals surface area contributed by atoms with Crippen molar-refractivity contribution < 1.29 is 22.7 Å². The van der Waals surface area contributed by atoms with Crippen LogP contribution in [-0.2, 0) is 23.9 Å². The average molecular weight is 515 g/mol. The molecule has 2 aliphatic heterocycles. The van der Waals surface area contributed by atoms with Gasteiger partial charge in [-0.05, 0) is 39.2 Å². The van der Waals surface area contributed by atoms with Crippen LogP contribution in [0.4, 0.5) is 30.6 Å². The molecule has 1 atom stereocenters. The van der Waals surface area contributed by atoms with E-state index in [1.807, 2.05) is 30.6 Å². The normalized spacial score (nSPS) is 17.2. The van der Waals surface area contributed by atoms with E-state index in [0.29, 0.717) is 19.0 Å². The second-order valence-electron chi connectivity index (χ2n) is 9.14. The molecule has 0 spiro atoms. The first-order valence-corrected chi connectivity index (χ1v) is 11.9. The number of nitrogens with one attached hydrogen (secondary N) is 1. The van der Waals surface area contributed by atoms with E-state index in [1.54, 1.807) is 18.3 Å². The SMILES string of the molecule is CC(C)N1c2nc(NCc3ccc(Oc4cnc(C(F)(F)F)nc4)nc3)nc3c2N(CCC3)C(=O)C1C. The van der Waals surface area contributed by atoms with Crippen molar-refractivity contribution >= 4 is 23.4 Å². The van der Waals surface area contributed by atoms with E-state index < -0.39 is 12.0 Å². The van der Waals surface area contributed by atoms with Crippen molar-refractivity contribution in [3.05, 3.63) is 47.8 Å². The van der Waals surface area contributed by atoms with Crippen LogP contribution >= 0.6 is 0 Å². The minimum Gasteiger partial charge on any atom is -0.436 e. The molecule has 1 unspecified atom stereocenters. The first-order valence-electron chi connectivity index (χ1n) is 11.9. The predicted molar refractivity (Wildman–Crippen MR) is 128 cm³/mol. The quantitative estimate of drug-likeness (QED) is 0.522. The molecule has 0 bridgehead atoms. The Kier molecular flexibility index (Phi) is 6.30. The van der Waals surface area contributed by atoms with Gasteiger partial charge in [-0.3, -0.25) is 4.79 Å². The maximum Gasteiger partial charge on any atom is 0.451 e. The molecule has 3 aromatic rings. The maximum atomic E-state index is 13.0. The molecule has 37 heavy (non-hydrogen) atoms. The molecule has 0 aliphatic carbocycles. The van der Waals surface area contributed by atoms with Crippen LogP contribution < -0.4 is 19.9 Å². The Bertz CT molecular complexity index is 1300. The summed E-state index contributed by atoms with van der Waals surface area (Å²) in [5, 5.41) is 3.24. The summed E-state index contributed by atoms with van der Waals surface area (Å²) in [7, 11) is 0. The van der Waals surface area contributed by atoms with Gasteiger partial charge in [0.05, 0.1) is 18.1 Å². The fourth-order valence-electron chi connectivity index (χ4n) is 4.55. The molecule has 0 fully saturated rings. The summed E-state index contributed by atoms with van der Waals surface area (Å²) in [5.41, 5.74) is 2.48. The van der Waals surface area contributed by atoms with Crippen molar-refractivity contribution in [3.63, 3.8) is 0 Å². The molecule has 194 valence electrons. The molecule has 5 heterocycles. The van der Waals surface area contributed by atoms with Crippen LogP contribution in [0.3, 0.4) is 0 Å². The third-order valence-electron chi connectivity index (χ3n) is 6.20. The Labute approximate surface area is 210 Å². The summed E-state index contributed by atoms with van der Waals surface area (Å²) in [6.07, 6.45) is 0.473. The number of aromatic nitrogens is 5. The minimum atomic E-state index is -4.62. The van der Waals surface area contributed by atoms with Crippen molar-refractivity contribution in [2.24, 2.45) is 0 Å². The number of pyridine rings is 1. The van der Waals surface area contributed by atoms with E-state index in [4.69, 9.17) is 14.7 Å². The third kappa shape index (κ3) is 4.85. The van der Waals surface area contributed by atoms with Crippen LogP contribution in [0.5, 0.6) is 11.6 Å². The highest BCUT2D eigenvalue weighted by Crippen LogP contribution is 2.41. The fraction of sp³-hybridized carbons (Fsp3) is 0.417. The number of aryl methyl sites for hydroxylation is 1. The van der Waals surface area contributed by atoms with E-state index in [2.05, 4.69) is 20.3 Å². The van der Waals surface area contributed by atoms with Crippen LogP contribution in [0.25, 0.3) is 0 Å². The number of anilines is 3. The van der Waals surface area contributed by atoms with Crippen LogP contribution in [0.2, 0.25) is 0 Å². The molecule has 5 rings (SSSR count). The van der Waals surface area contributed by atoms with Gasteiger partial charge in [0.25, 0.3) is 0 Å². The number of carbonyl (C=O) groups is 1. The average Bonchev–Trinajstić information content (AvgIpc) is 2.86. The zero-order chi connectivity index (χ0) is 26.3. The monoisotopic (exact) mass is 514 g/mol. The van der Waals surface area contributed by atoms with Gasteiger partial charge in [0, 0.05) is 31.4 Å². The highest BCUT2D eigenvalue weighted by molar-refractivity contribution is 6.05. The molecule has 3 aromatic heterocycles. The molecule has 0 saturated carbocycles. The van der Waals surface area contributed by atoms with E-state index in [-0.39, 0.29) is 29.6 Å². The number of alkyl halides is 3. The largest absolute Gasteiger partial charge is 0.451 e. The number of nitrogens with zero attached hydrogens (tertiary/aromatic N) is 7. The van der Waals surface area contributed by atoms with E-state index in [0.717, 1.165) is 48.0 Å². The lowest BCUT2D eigenvalue weighted by Crippen LogP contribution is -2.56. The molecule has 10 nitrogen and oxygen atoms in total. The lowest BCUT2D eigenvalue weighted by atomic mass is 10.0. The van der Waals surface area contributed by atoms with Gasteiger partial charge in [0.2, 0.25) is 23.6 Å². The van der Waals surface area contributed by atoms with Gasteiger partial charge in [0.15, 0.2) is 11.6 Å². The molecular weight excluding hydrogens is 489 g/mol. The summed E-state index contributed by atoms with van der Waals surface area (Å²) in [6, 6.07) is 3.14. The molecule has 1 amide bonds. The van der Waals surface area contributed by atoms with Gasteiger partial charge < -0.3 is 19.9 Å². The Hall–Kier alpha value is -4.03. The highest BCUT2D eigenvalue weighted by atomic mass is 19.4. The van der Waals surface area contributed by atoms with Crippen molar-refractivity contribution in [1.29, 1.82) is 0 Å². The number of hydrogen-bond donors (Lipinski definition) is 1. The first kappa shape index (κ1) is 24.7. The number of rotatable bonds is 6. The summed E-state index contributed by atoms with van der Waals surface area (Å²) in [6.45, 7) is 7.03. The number of ether oxygens (including phenoxy) is 1. The molecular formula is C24H25F3N8O2. The van der Waals surface area contributed by atoms with Gasteiger partial charge in [-0.15, -0.1) is 0 Å². The summed E-state index contributed by atoms with van der Waals surface area (Å²) in [5.74, 6) is 0.285. The Morgan fingerprint density at radius 1 is 1.14 bits per heavy atom. The van der Waals surface area contributed by atoms with Crippen LogP contribution in [0.15, 0.2) is 30.7 Å². The van der Waals surface area contributed by atoms with Gasteiger partial charge in [-0.2, -0.15) is 18.2 Å². The van der Waals surface area contributed by atoms with Crippen molar-refractivity contribution in [2.75, 3.05) is 21.7 Å². The third-order valence-corrected chi connectivity index (χ3v) is 6.20. The number of halogens is 3. The second-order valence-corrected chi connectivity index (χ2v) is 9.14. The Morgan fingerprint density at radius 2 is 1.89 bits per heavy atom. The number of carbonyl (C=O) groups excluding carboxylic acids is 1. The summed E-state index contributed by atoms with van der Waals surface area (Å²) >= 11 is 0. The van der Waals surface area contributed by atoms with E-state index >= 15 is 0 Å². The van der Waals surface area contributed by atoms with Gasteiger partial charge >= 0.3 is 6.18 Å². The predicted octanol–water partition coefficient (Wildman–Crippen LogP) is 3.98. The van der Waals surface area contributed by atoms with E-state index in [9.17, 15) is 18.0 Å². The maximum absolute atomic E-state index is 13.0. The van der Waals surface area contributed by atoms with Crippen molar-refractivity contribution in [3.8, 4) is 11.6 Å². The topological polar surface area (TPSA) is 109 Å². The lowest BCUT2D eigenvalue weighted by molar-refractivity contribution is -0.145. The van der Waals surface area contributed by atoms with Gasteiger partial charge in [-0.1, -0.05) is 6.07 Å². The molecule has 0 saturated heterocycles. The van der Waals surface area contributed by atoms with Crippen LogP contribution in [-0.4, -0.2) is 49.5 Å². The van der Waals surface area contributed by atoms with Crippen LogP contribution in [0, 0.1) is 0 Å². The standard InChI is InChI=1S/C24H25F3N8O2/c1-13(2)35-14(3)21(36)34-8-4-5-17-19(34)20(35)33-23(32-17)31-10-15-6-7-18(28-9-15)37-16-11-29-22(30-12-16)24(25,26)27/h6-7,9,11-14H,4-5,8,10H2,1-3H3,(H,31,32,33). The Morgan fingerprint density at radius 3 is 2.54 bits per heavy atom.